The van der Waals surface area contributed by atoms with Crippen molar-refractivity contribution in [1.29, 1.82) is 0 Å². The first-order valence-corrected chi connectivity index (χ1v) is 8.70. The minimum atomic E-state index is 0.216. The molecule has 0 aliphatic rings. The predicted octanol–water partition coefficient (Wildman–Crippen LogP) is 5.90. The number of rotatable bonds is 13. The van der Waals surface area contributed by atoms with Gasteiger partial charge in [-0.1, -0.05) is 72.6 Å². The highest BCUT2D eigenvalue weighted by atomic mass is 16.1. The van der Waals surface area contributed by atoms with Gasteiger partial charge in [0.25, 0.3) is 0 Å². The normalized spacial score (nSPS) is 15.4. The standard InChI is InChI=1S/C18H35NO/c1-5-9-16(3)11-7-8-12-18(19-15-20)14-13-17(4)10-6-2/h16-18H,5-14H2,1-4H3. The Morgan fingerprint density at radius 1 is 0.800 bits per heavy atom. The molecule has 0 aliphatic carbocycles. The van der Waals surface area contributed by atoms with E-state index < -0.39 is 0 Å². The van der Waals surface area contributed by atoms with E-state index >= 15 is 0 Å². The molecule has 20 heavy (non-hydrogen) atoms. The molecule has 0 aliphatic heterocycles. The summed E-state index contributed by atoms with van der Waals surface area (Å²) in [6.07, 6.45) is 14.0. The van der Waals surface area contributed by atoms with Crippen molar-refractivity contribution < 1.29 is 4.79 Å². The molecule has 0 aromatic rings. The zero-order chi connectivity index (χ0) is 15.2. The molecule has 0 saturated carbocycles. The summed E-state index contributed by atoms with van der Waals surface area (Å²) in [7, 11) is 0. The zero-order valence-electron chi connectivity index (χ0n) is 14.2. The lowest BCUT2D eigenvalue weighted by Gasteiger charge is -2.15. The van der Waals surface area contributed by atoms with Crippen LogP contribution < -0.4 is 0 Å². The molecule has 0 aromatic carbocycles. The molecule has 0 amide bonds. The monoisotopic (exact) mass is 281 g/mol. The fraction of sp³-hybridized carbons (Fsp3) is 0.944. The summed E-state index contributed by atoms with van der Waals surface area (Å²) in [5.74, 6) is 1.60. The third-order valence-electron chi connectivity index (χ3n) is 4.28. The molecule has 0 heterocycles. The van der Waals surface area contributed by atoms with Gasteiger partial charge in [0, 0.05) is 0 Å². The van der Waals surface area contributed by atoms with Crippen LogP contribution in [0.2, 0.25) is 0 Å². The number of isocyanates is 1. The maximum atomic E-state index is 10.5. The fourth-order valence-corrected chi connectivity index (χ4v) is 2.97. The van der Waals surface area contributed by atoms with Gasteiger partial charge in [-0.3, -0.25) is 0 Å². The Hall–Kier alpha value is -0.620. The number of carbonyl (C=O) groups excluding carboxylic acids is 1. The van der Waals surface area contributed by atoms with E-state index in [1.54, 1.807) is 6.08 Å². The van der Waals surface area contributed by atoms with E-state index in [1.807, 2.05) is 0 Å². The number of unbranched alkanes of at least 4 members (excludes halogenated alkanes) is 1. The van der Waals surface area contributed by atoms with E-state index in [-0.39, 0.29) is 6.04 Å². The smallest absolute Gasteiger partial charge is 0.211 e. The summed E-state index contributed by atoms with van der Waals surface area (Å²) in [5.41, 5.74) is 0. The first-order chi connectivity index (χ1) is 9.63. The first-order valence-electron chi connectivity index (χ1n) is 8.70. The van der Waals surface area contributed by atoms with Gasteiger partial charge in [-0.15, -0.1) is 0 Å². The number of hydrogen-bond acceptors (Lipinski definition) is 2. The maximum Gasteiger partial charge on any atom is 0.235 e. The molecule has 0 saturated heterocycles. The highest BCUT2D eigenvalue weighted by molar-refractivity contribution is 5.33. The van der Waals surface area contributed by atoms with Crippen molar-refractivity contribution in [1.82, 2.24) is 0 Å². The van der Waals surface area contributed by atoms with Crippen molar-refractivity contribution in [2.75, 3.05) is 0 Å². The average molecular weight is 281 g/mol. The summed E-state index contributed by atoms with van der Waals surface area (Å²) in [6.45, 7) is 9.13. The lowest BCUT2D eigenvalue weighted by Crippen LogP contribution is -2.07. The summed E-state index contributed by atoms with van der Waals surface area (Å²) in [4.78, 5) is 14.5. The van der Waals surface area contributed by atoms with E-state index in [0.29, 0.717) is 0 Å². The summed E-state index contributed by atoms with van der Waals surface area (Å²) in [5, 5.41) is 0. The highest BCUT2D eigenvalue weighted by Gasteiger charge is 2.10. The second-order valence-corrected chi connectivity index (χ2v) is 6.52. The molecule has 3 unspecified atom stereocenters. The second-order valence-electron chi connectivity index (χ2n) is 6.52. The molecule has 3 atom stereocenters. The quantitative estimate of drug-likeness (QED) is 0.234. The van der Waals surface area contributed by atoms with Crippen LogP contribution in [0.5, 0.6) is 0 Å². The van der Waals surface area contributed by atoms with E-state index in [9.17, 15) is 4.79 Å². The molecule has 0 N–H and O–H groups in total. The maximum absolute atomic E-state index is 10.5. The van der Waals surface area contributed by atoms with Crippen LogP contribution in [-0.4, -0.2) is 12.1 Å². The molecule has 0 spiro atoms. The largest absolute Gasteiger partial charge is 0.235 e. The first kappa shape index (κ1) is 19.4. The van der Waals surface area contributed by atoms with Gasteiger partial charge in [0.1, 0.15) is 0 Å². The fourth-order valence-electron chi connectivity index (χ4n) is 2.97. The van der Waals surface area contributed by atoms with Crippen LogP contribution in [0.4, 0.5) is 0 Å². The Bertz CT molecular complexity index is 258. The van der Waals surface area contributed by atoms with Crippen LogP contribution >= 0.6 is 0 Å². The van der Waals surface area contributed by atoms with Crippen molar-refractivity contribution in [2.45, 2.75) is 97.9 Å². The van der Waals surface area contributed by atoms with Gasteiger partial charge in [-0.05, 0) is 31.1 Å². The van der Waals surface area contributed by atoms with Gasteiger partial charge in [-0.25, -0.2) is 9.79 Å². The van der Waals surface area contributed by atoms with Crippen LogP contribution in [-0.2, 0) is 4.79 Å². The minimum absolute atomic E-state index is 0.216. The van der Waals surface area contributed by atoms with Crippen molar-refractivity contribution >= 4 is 6.08 Å². The second kappa shape index (κ2) is 13.4. The molecule has 118 valence electrons. The van der Waals surface area contributed by atoms with Gasteiger partial charge in [-0.2, -0.15) is 0 Å². The SMILES string of the molecule is CCCC(C)CCCCC(CCC(C)CCC)N=C=O. The molecule has 0 fully saturated rings. The lowest BCUT2D eigenvalue weighted by atomic mass is 9.94. The van der Waals surface area contributed by atoms with Crippen molar-refractivity contribution in [3.05, 3.63) is 0 Å². The van der Waals surface area contributed by atoms with Gasteiger partial charge >= 0.3 is 0 Å². The molecular weight excluding hydrogens is 246 g/mol. The van der Waals surface area contributed by atoms with Gasteiger partial charge in [0.05, 0.1) is 6.04 Å². The van der Waals surface area contributed by atoms with Crippen LogP contribution in [0, 0.1) is 11.8 Å². The van der Waals surface area contributed by atoms with Crippen LogP contribution in [0.1, 0.15) is 91.9 Å². The average Bonchev–Trinajstić information content (AvgIpc) is 2.41. The van der Waals surface area contributed by atoms with E-state index in [0.717, 1.165) is 24.7 Å². The number of aliphatic imine (C=N–C) groups is 1. The number of hydrogen-bond donors (Lipinski definition) is 0. The minimum Gasteiger partial charge on any atom is -0.211 e. The molecule has 0 aromatic heterocycles. The van der Waals surface area contributed by atoms with Gasteiger partial charge < -0.3 is 0 Å². The summed E-state index contributed by atoms with van der Waals surface area (Å²) < 4.78 is 0. The summed E-state index contributed by atoms with van der Waals surface area (Å²) in [6, 6.07) is 0.216. The summed E-state index contributed by atoms with van der Waals surface area (Å²) >= 11 is 0. The van der Waals surface area contributed by atoms with Gasteiger partial charge in [0.2, 0.25) is 6.08 Å². The Balaban J connectivity index is 3.82. The topological polar surface area (TPSA) is 29.4 Å². The van der Waals surface area contributed by atoms with Crippen LogP contribution in [0.15, 0.2) is 4.99 Å². The Kier molecular flexibility index (Phi) is 13.0. The Morgan fingerprint density at radius 3 is 1.90 bits per heavy atom. The van der Waals surface area contributed by atoms with Crippen LogP contribution in [0.3, 0.4) is 0 Å². The van der Waals surface area contributed by atoms with Gasteiger partial charge in [0.15, 0.2) is 0 Å². The van der Waals surface area contributed by atoms with Crippen molar-refractivity contribution in [3.63, 3.8) is 0 Å². The third kappa shape index (κ3) is 11.2. The zero-order valence-corrected chi connectivity index (χ0v) is 14.2. The Morgan fingerprint density at radius 2 is 1.35 bits per heavy atom. The molecule has 0 bridgehead atoms. The highest BCUT2D eigenvalue weighted by Crippen LogP contribution is 2.20. The van der Waals surface area contributed by atoms with E-state index in [2.05, 4.69) is 32.7 Å². The molecule has 0 rings (SSSR count). The predicted molar refractivity (Wildman–Crippen MR) is 87.8 cm³/mol. The van der Waals surface area contributed by atoms with Crippen molar-refractivity contribution in [2.24, 2.45) is 16.8 Å². The Labute approximate surface area is 126 Å². The number of nitrogens with zero attached hydrogens (tertiary/aromatic N) is 1. The molecule has 2 nitrogen and oxygen atoms in total. The lowest BCUT2D eigenvalue weighted by molar-refractivity contribution is 0.408. The third-order valence-corrected chi connectivity index (χ3v) is 4.28. The molecule has 2 heteroatoms. The molecule has 0 radical (unpaired) electrons. The molecular formula is C18H35NO. The van der Waals surface area contributed by atoms with E-state index in [1.165, 1.54) is 51.4 Å². The van der Waals surface area contributed by atoms with Crippen LogP contribution in [0.25, 0.3) is 0 Å². The van der Waals surface area contributed by atoms with Crippen molar-refractivity contribution in [3.8, 4) is 0 Å². The van der Waals surface area contributed by atoms with E-state index in [4.69, 9.17) is 0 Å².